The number of carboxylic acids is 2. The van der Waals surface area contributed by atoms with E-state index in [1.807, 2.05) is 0 Å². The summed E-state index contributed by atoms with van der Waals surface area (Å²) in [5.41, 5.74) is 6.54. The molecule has 11 nitrogen and oxygen atoms in total. The maximum atomic E-state index is 12.3. The molecular weight excluding hydrogens is 426 g/mol. The number of nitrogen functional groups attached to an aromatic ring is 1. The van der Waals surface area contributed by atoms with Gasteiger partial charge < -0.3 is 26.2 Å². The Bertz CT molecular complexity index is 1220. The summed E-state index contributed by atoms with van der Waals surface area (Å²) in [7, 11) is 0. The lowest BCUT2D eigenvalue weighted by atomic mass is 10.1. The number of nitrogens with zero attached hydrogens (tertiary/aromatic N) is 1. The molecule has 0 aliphatic rings. The number of hydrogen-bond acceptors (Lipinski definition) is 7. The molecule has 12 heteroatoms. The third-order valence-corrected chi connectivity index (χ3v) is 5.59. The highest BCUT2D eigenvalue weighted by Crippen LogP contribution is 2.32. The summed E-state index contributed by atoms with van der Waals surface area (Å²) in [5, 5.41) is 21.3. The van der Waals surface area contributed by atoms with Crippen LogP contribution in [0.3, 0.4) is 0 Å². The Balaban J connectivity index is 1.74. The third kappa shape index (κ3) is 5.04. The number of anilines is 1. The fourth-order valence-corrected chi connectivity index (χ4v) is 3.82. The smallest absolute Gasteiger partial charge is 0.326 e. The van der Waals surface area contributed by atoms with Gasteiger partial charge in [0.25, 0.3) is 11.5 Å². The molecule has 0 spiro atoms. The van der Waals surface area contributed by atoms with Gasteiger partial charge in [0.2, 0.25) is 5.95 Å². The van der Waals surface area contributed by atoms with Crippen molar-refractivity contribution in [1.29, 1.82) is 0 Å². The number of carbonyl (C=O) groups excluding carboxylic acids is 1. The maximum absolute atomic E-state index is 12.3. The molecule has 2 heterocycles. The summed E-state index contributed by atoms with van der Waals surface area (Å²) in [6.45, 7) is 1.78. The average molecular weight is 445 g/mol. The number of carbonyl (C=O) groups is 3. The molecule has 0 saturated heterocycles. The predicted octanol–water partition coefficient (Wildman–Crippen LogP) is 1.34. The second-order valence-corrected chi connectivity index (χ2v) is 7.76. The van der Waals surface area contributed by atoms with Crippen molar-refractivity contribution in [2.75, 3.05) is 5.73 Å². The van der Waals surface area contributed by atoms with Crippen molar-refractivity contribution >= 4 is 46.6 Å². The van der Waals surface area contributed by atoms with Crippen molar-refractivity contribution < 1.29 is 24.6 Å². The Kier molecular flexibility index (Phi) is 6.30. The molecule has 0 aliphatic carbocycles. The van der Waals surface area contributed by atoms with Gasteiger partial charge in [0, 0.05) is 16.9 Å². The number of benzene rings is 1. The monoisotopic (exact) mass is 445 g/mol. The molecule has 162 valence electrons. The van der Waals surface area contributed by atoms with Crippen molar-refractivity contribution in [3.8, 4) is 0 Å². The standard InChI is InChI=1S/C19H19N5O6S/c1-8-13-14(23-19(20)24-16(13)28)22-17(8)31-10-4-2-9(3-5-10)15(27)21-11(18(29)30)6-7-12(25)26/h2-5,11H,6-7H2,1H3,(H,21,27)(H,25,26)(H,29,30)(H4,20,22,23,24,28)/t11-/m0/s1. The number of carboxylic acid groups (broad SMARTS) is 2. The van der Waals surface area contributed by atoms with Crippen LogP contribution in [0.4, 0.5) is 5.95 Å². The van der Waals surface area contributed by atoms with E-state index < -0.39 is 23.9 Å². The summed E-state index contributed by atoms with van der Waals surface area (Å²) >= 11 is 1.32. The molecule has 3 rings (SSSR count). The van der Waals surface area contributed by atoms with Crippen LogP contribution in [0.5, 0.6) is 0 Å². The number of fused-ring (bicyclic) bond motifs is 1. The van der Waals surface area contributed by atoms with E-state index in [1.165, 1.54) is 23.9 Å². The molecule has 0 fully saturated rings. The quantitative estimate of drug-likeness (QED) is 0.297. The third-order valence-electron chi connectivity index (χ3n) is 4.47. The molecule has 3 aromatic rings. The highest BCUT2D eigenvalue weighted by molar-refractivity contribution is 7.99. The molecule has 0 bridgehead atoms. The van der Waals surface area contributed by atoms with E-state index in [9.17, 15) is 19.2 Å². The number of amides is 1. The summed E-state index contributed by atoms with van der Waals surface area (Å²) < 4.78 is 0. The highest BCUT2D eigenvalue weighted by atomic mass is 32.2. The zero-order valence-corrected chi connectivity index (χ0v) is 17.1. The first-order chi connectivity index (χ1) is 14.7. The zero-order chi connectivity index (χ0) is 22.7. The highest BCUT2D eigenvalue weighted by Gasteiger charge is 2.21. The van der Waals surface area contributed by atoms with Gasteiger partial charge in [-0.15, -0.1) is 0 Å². The van der Waals surface area contributed by atoms with Crippen molar-refractivity contribution in [1.82, 2.24) is 20.3 Å². The summed E-state index contributed by atoms with van der Waals surface area (Å²) in [5.74, 6) is -3.06. The molecular formula is C19H19N5O6S. The first kappa shape index (κ1) is 21.9. The Hall–Kier alpha value is -3.80. The van der Waals surface area contributed by atoms with Crippen LogP contribution in [0.2, 0.25) is 0 Å². The fourth-order valence-electron chi connectivity index (χ4n) is 2.90. The van der Waals surface area contributed by atoms with Crippen LogP contribution < -0.4 is 16.6 Å². The topological polar surface area (TPSA) is 191 Å². The van der Waals surface area contributed by atoms with Crippen LogP contribution in [0.25, 0.3) is 11.0 Å². The lowest BCUT2D eigenvalue weighted by molar-refractivity contribution is -0.140. The van der Waals surface area contributed by atoms with E-state index in [4.69, 9.17) is 15.9 Å². The van der Waals surface area contributed by atoms with E-state index in [2.05, 4.69) is 20.3 Å². The van der Waals surface area contributed by atoms with Crippen LogP contribution in [0, 0.1) is 6.92 Å². The van der Waals surface area contributed by atoms with E-state index >= 15 is 0 Å². The number of hydrogen-bond donors (Lipinski definition) is 6. The van der Waals surface area contributed by atoms with Crippen LogP contribution in [-0.2, 0) is 9.59 Å². The van der Waals surface area contributed by atoms with Crippen molar-refractivity contribution in [3.63, 3.8) is 0 Å². The molecule has 1 atom stereocenters. The fraction of sp³-hybridized carbons (Fsp3) is 0.211. The van der Waals surface area contributed by atoms with Gasteiger partial charge in [-0.2, -0.15) is 4.98 Å². The molecule has 0 unspecified atom stereocenters. The first-order valence-electron chi connectivity index (χ1n) is 9.07. The summed E-state index contributed by atoms with van der Waals surface area (Å²) in [6, 6.07) is 5.08. The van der Waals surface area contributed by atoms with Gasteiger partial charge in [0.1, 0.15) is 11.7 Å². The number of aryl methyl sites for hydroxylation is 1. The normalized spacial score (nSPS) is 11.9. The first-order valence-corrected chi connectivity index (χ1v) is 9.88. The van der Waals surface area contributed by atoms with Gasteiger partial charge in [0.15, 0.2) is 0 Å². The second kappa shape index (κ2) is 8.92. The molecule has 7 N–H and O–H groups in total. The number of nitrogens with two attached hydrogens (primary N) is 1. The SMILES string of the molecule is Cc1c(Sc2ccc(C(=O)N[C@@H](CCC(=O)O)C(=O)O)cc2)[nH]c2nc(N)[nH]c(=O)c12. The molecule has 1 aromatic carbocycles. The average Bonchev–Trinajstić information content (AvgIpc) is 3.00. The van der Waals surface area contributed by atoms with E-state index in [1.54, 1.807) is 19.1 Å². The lowest BCUT2D eigenvalue weighted by Crippen LogP contribution is -2.41. The summed E-state index contributed by atoms with van der Waals surface area (Å²) in [6.07, 6.45) is -0.596. The van der Waals surface area contributed by atoms with Gasteiger partial charge >= 0.3 is 11.9 Å². The minimum atomic E-state index is -1.31. The Labute approximate surface area is 179 Å². The minimum absolute atomic E-state index is 0.00804. The Morgan fingerprint density at radius 3 is 2.48 bits per heavy atom. The lowest BCUT2D eigenvalue weighted by Gasteiger charge is -2.13. The minimum Gasteiger partial charge on any atom is -0.481 e. The molecule has 0 aliphatic heterocycles. The molecule has 0 saturated carbocycles. The van der Waals surface area contributed by atoms with Crippen LogP contribution in [0.15, 0.2) is 39.0 Å². The second-order valence-electron chi connectivity index (χ2n) is 6.68. The van der Waals surface area contributed by atoms with Crippen molar-refractivity contribution in [2.45, 2.75) is 35.7 Å². The largest absolute Gasteiger partial charge is 0.481 e. The summed E-state index contributed by atoms with van der Waals surface area (Å²) in [4.78, 5) is 56.7. The predicted molar refractivity (Wildman–Crippen MR) is 112 cm³/mol. The van der Waals surface area contributed by atoms with E-state index in [0.717, 1.165) is 4.90 Å². The van der Waals surface area contributed by atoms with Gasteiger partial charge in [-0.25, -0.2) is 4.79 Å². The van der Waals surface area contributed by atoms with E-state index in [0.29, 0.717) is 21.6 Å². The molecule has 2 aromatic heterocycles. The maximum Gasteiger partial charge on any atom is 0.326 e. The Morgan fingerprint density at radius 2 is 1.87 bits per heavy atom. The number of rotatable bonds is 8. The Morgan fingerprint density at radius 1 is 1.19 bits per heavy atom. The van der Waals surface area contributed by atoms with Crippen molar-refractivity contribution in [3.05, 3.63) is 45.7 Å². The van der Waals surface area contributed by atoms with Gasteiger partial charge in [0.05, 0.1) is 10.4 Å². The zero-order valence-electron chi connectivity index (χ0n) is 16.3. The van der Waals surface area contributed by atoms with Crippen LogP contribution in [-0.4, -0.2) is 49.1 Å². The van der Waals surface area contributed by atoms with Gasteiger partial charge in [-0.05, 0) is 43.2 Å². The molecule has 1 amide bonds. The van der Waals surface area contributed by atoms with Crippen molar-refractivity contribution in [2.24, 2.45) is 0 Å². The van der Waals surface area contributed by atoms with E-state index in [-0.39, 0.29) is 29.9 Å². The van der Waals surface area contributed by atoms with Gasteiger partial charge in [-0.3, -0.25) is 19.4 Å². The van der Waals surface area contributed by atoms with Gasteiger partial charge in [-0.1, -0.05) is 11.8 Å². The molecule has 0 radical (unpaired) electrons. The van der Waals surface area contributed by atoms with Crippen LogP contribution >= 0.6 is 11.8 Å². The number of aromatic amines is 2. The van der Waals surface area contributed by atoms with Crippen LogP contribution in [0.1, 0.15) is 28.8 Å². The number of aliphatic carboxylic acids is 2. The molecule has 31 heavy (non-hydrogen) atoms. The number of aromatic nitrogens is 3. The number of H-pyrrole nitrogens is 2. The number of nitrogens with one attached hydrogen (secondary N) is 3.